The predicted octanol–water partition coefficient (Wildman–Crippen LogP) is 4.58. The molecule has 0 aliphatic heterocycles. The molecule has 11 heteroatoms. The average molecular weight is 483 g/mol. The second-order valence-electron chi connectivity index (χ2n) is 8.64. The van der Waals surface area contributed by atoms with Gasteiger partial charge in [0.05, 0.1) is 5.69 Å². The monoisotopic (exact) mass is 482 g/mol. The molecule has 3 rings (SSSR count). The van der Waals surface area contributed by atoms with Gasteiger partial charge in [0.1, 0.15) is 11.3 Å². The minimum atomic E-state index is -4.49. The third kappa shape index (κ3) is 7.19. The lowest BCUT2D eigenvalue weighted by molar-refractivity contribution is -0.153. The Morgan fingerprint density at radius 1 is 1.18 bits per heavy atom. The molecule has 1 aromatic heterocycles. The molecule has 1 fully saturated rings. The number of amides is 2. The van der Waals surface area contributed by atoms with Gasteiger partial charge in [0.25, 0.3) is 0 Å². The summed E-state index contributed by atoms with van der Waals surface area (Å²) in [5.41, 5.74) is 0.160. The van der Waals surface area contributed by atoms with Crippen LogP contribution in [0.15, 0.2) is 22.7 Å². The lowest BCUT2D eigenvalue weighted by Crippen LogP contribution is -2.45. The molecular weight excluding hydrogens is 453 g/mol. The molecule has 34 heavy (non-hydrogen) atoms. The van der Waals surface area contributed by atoms with Crippen LogP contribution in [0.25, 0.3) is 0 Å². The van der Waals surface area contributed by atoms with Crippen LogP contribution in [0.1, 0.15) is 69.1 Å². The summed E-state index contributed by atoms with van der Waals surface area (Å²) in [7, 11) is 0. The topological polar surface area (TPSA) is 106 Å². The van der Waals surface area contributed by atoms with E-state index in [4.69, 9.17) is 9.26 Å². The van der Waals surface area contributed by atoms with E-state index in [1.807, 2.05) is 0 Å². The summed E-state index contributed by atoms with van der Waals surface area (Å²) in [6.07, 6.45) is 1.04. The van der Waals surface area contributed by atoms with Gasteiger partial charge in [0.15, 0.2) is 12.4 Å². The Kier molecular flexibility index (Phi) is 8.16. The smallest absolute Gasteiger partial charge is 0.422 e. The molecule has 1 heterocycles. The maximum Gasteiger partial charge on any atom is 0.422 e. The Bertz CT molecular complexity index is 998. The molecule has 2 N–H and O–H groups in total. The largest absolute Gasteiger partial charge is 0.482 e. The minimum absolute atomic E-state index is 0.0264. The molecule has 0 atom stereocenters. The second-order valence-corrected chi connectivity index (χ2v) is 8.64. The third-order valence-corrected chi connectivity index (χ3v) is 5.64. The fourth-order valence-corrected chi connectivity index (χ4v) is 4.07. The number of ether oxygens (including phenoxy) is 1. The highest BCUT2D eigenvalue weighted by atomic mass is 19.4. The average Bonchev–Trinajstić information content (AvgIpc) is 3.12. The Morgan fingerprint density at radius 3 is 2.53 bits per heavy atom. The number of nitrogens with one attached hydrogen (secondary N) is 2. The van der Waals surface area contributed by atoms with Crippen LogP contribution in [-0.4, -0.2) is 34.7 Å². The number of aromatic nitrogens is 2. The quantitative estimate of drug-likeness (QED) is 0.534. The van der Waals surface area contributed by atoms with Crippen molar-refractivity contribution in [1.29, 1.82) is 0 Å². The minimum Gasteiger partial charge on any atom is -0.482 e. The fourth-order valence-electron chi connectivity index (χ4n) is 4.07. The van der Waals surface area contributed by atoms with Crippen LogP contribution in [0.2, 0.25) is 0 Å². The van der Waals surface area contributed by atoms with Crippen molar-refractivity contribution in [2.75, 3.05) is 11.9 Å². The van der Waals surface area contributed by atoms with Gasteiger partial charge in [-0.2, -0.15) is 18.2 Å². The van der Waals surface area contributed by atoms with Gasteiger partial charge in [0.2, 0.25) is 17.7 Å². The van der Waals surface area contributed by atoms with E-state index in [1.165, 1.54) is 19.1 Å². The van der Waals surface area contributed by atoms with Crippen LogP contribution < -0.4 is 15.4 Å². The van der Waals surface area contributed by atoms with Crippen LogP contribution in [0.4, 0.5) is 18.9 Å². The normalized spacial score (nSPS) is 15.9. The summed E-state index contributed by atoms with van der Waals surface area (Å²) in [5, 5.41) is 9.66. The van der Waals surface area contributed by atoms with Crippen molar-refractivity contribution in [3.8, 4) is 5.75 Å². The van der Waals surface area contributed by atoms with Crippen molar-refractivity contribution in [3.63, 3.8) is 0 Å². The zero-order valence-electron chi connectivity index (χ0n) is 19.3. The summed E-state index contributed by atoms with van der Waals surface area (Å²) >= 11 is 0. The molecule has 8 nitrogen and oxygen atoms in total. The van der Waals surface area contributed by atoms with Crippen molar-refractivity contribution in [2.24, 2.45) is 0 Å². The van der Waals surface area contributed by atoms with Crippen molar-refractivity contribution >= 4 is 17.5 Å². The highest BCUT2D eigenvalue weighted by Crippen LogP contribution is 2.35. The molecule has 0 saturated heterocycles. The molecule has 0 radical (unpaired) electrons. The van der Waals surface area contributed by atoms with Gasteiger partial charge >= 0.3 is 6.18 Å². The maximum absolute atomic E-state index is 12.5. The van der Waals surface area contributed by atoms with E-state index in [0.29, 0.717) is 24.2 Å². The number of halogens is 3. The Balaban J connectivity index is 1.63. The van der Waals surface area contributed by atoms with Crippen molar-refractivity contribution in [3.05, 3.63) is 35.5 Å². The molecular formula is C23H29F3N4O4. The third-order valence-electron chi connectivity index (χ3n) is 5.64. The number of carbonyl (C=O) groups is 2. The van der Waals surface area contributed by atoms with Gasteiger partial charge in [-0.05, 0) is 37.5 Å². The number of hydrogen-bond acceptors (Lipinski definition) is 6. The Labute approximate surface area is 195 Å². The second kappa shape index (κ2) is 10.9. The first kappa shape index (κ1) is 25.5. The van der Waals surface area contributed by atoms with Crippen molar-refractivity contribution in [1.82, 2.24) is 15.5 Å². The maximum atomic E-state index is 12.5. The molecule has 1 aliphatic carbocycles. The Hall–Kier alpha value is -3.11. The van der Waals surface area contributed by atoms with Crippen molar-refractivity contribution < 1.29 is 32.0 Å². The van der Waals surface area contributed by atoms with E-state index < -0.39 is 24.2 Å². The van der Waals surface area contributed by atoms with Gasteiger partial charge in [-0.1, -0.05) is 36.9 Å². The van der Waals surface area contributed by atoms with Crippen LogP contribution in [0, 0.1) is 6.92 Å². The first-order valence-corrected chi connectivity index (χ1v) is 11.3. The fraction of sp³-hybridized carbons (Fsp3) is 0.565. The molecule has 186 valence electrons. The lowest BCUT2D eigenvalue weighted by atomic mass is 9.89. The number of anilines is 1. The van der Waals surface area contributed by atoms with E-state index in [2.05, 4.69) is 20.8 Å². The lowest BCUT2D eigenvalue weighted by Gasteiger charge is -2.30. The molecule has 2 aromatic rings. The van der Waals surface area contributed by atoms with Gasteiger partial charge in [-0.3, -0.25) is 9.59 Å². The SMILES string of the molecule is CC(=O)NC1(c2noc(CCC(=O)Nc3ccc(C)cc3OCC(F)(F)F)n2)CCCCCC1. The number of aryl methyl sites for hydroxylation is 2. The molecule has 0 unspecified atom stereocenters. The van der Waals surface area contributed by atoms with E-state index in [9.17, 15) is 22.8 Å². The predicted molar refractivity (Wildman–Crippen MR) is 117 cm³/mol. The Morgan fingerprint density at radius 2 is 1.88 bits per heavy atom. The number of rotatable bonds is 8. The van der Waals surface area contributed by atoms with Crippen molar-refractivity contribution in [2.45, 2.75) is 76.9 Å². The number of alkyl halides is 3. The number of hydrogen-bond donors (Lipinski definition) is 2. The van der Waals surface area contributed by atoms with E-state index in [1.54, 1.807) is 13.0 Å². The summed E-state index contributed by atoms with van der Waals surface area (Å²) < 4.78 is 47.8. The number of benzene rings is 1. The summed E-state index contributed by atoms with van der Waals surface area (Å²) in [6, 6.07) is 4.58. The van der Waals surface area contributed by atoms with Crippen LogP contribution >= 0.6 is 0 Å². The first-order valence-electron chi connectivity index (χ1n) is 11.3. The van der Waals surface area contributed by atoms with Gasteiger partial charge < -0.3 is 19.9 Å². The standard InChI is InChI=1S/C23H29F3N4O4/c1-15-7-8-17(18(13-15)33-14-23(24,25)26)27-19(32)9-10-20-28-21(30-34-20)22(29-16(2)31)11-5-3-4-6-12-22/h7-8,13H,3-6,9-12,14H2,1-2H3,(H,27,32)(H,29,31). The summed E-state index contributed by atoms with van der Waals surface area (Å²) in [4.78, 5) is 28.7. The summed E-state index contributed by atoms with van der Waals surface area (Å²) in [5.74, 6) is -0.0184. The number of carbonyl (C=O) groups excluding carboxylic acids is 2. The molecule has 0 bridgehead atoms. The zero-order valence-corrected chi connectivity index (χ0v) is 19.3. The highest BCUT2D eigenvalue weighted by molar-refractivity contribution is 5.92. The molecule has 0 spiro atoms. The van der Waals surface area contributed by atoms with Crippen LogP contribution in [-0.2, 0) is 21.5 Å². The molecule has 1 aromatic carbocycles. The molecule has 1 saturated carbocycles. The number of nitrogens with zero attached hydrogens (tertiary/aromatic N) is 2. The summed E-state index contributed by atoms with van der Waals surface area (Å²) in [6.45, 7) is 1.71. The highest BCUT2D eigenvalue weighted by Gasteiger charge is 2.38. The first-order chi connectivity index (χ1) is 16.1. The molecule has 1 aliphatic rings. The van der Waals surface area contributed by atoms with E-state index >= 15 is 0 Å². The zero-order chi connectivity index (χ0) is 24.8. The van der Waals surface area contributed by atoms with Crippen LogP contribution in [0.5, 0.6) is 5.75 Å². The van der Waals surface area contributed by atoms with E-state index in [-0.39, 0.29) is 36.1 Å². The van der Waals surface area contributed by atoms with E-state index in [0.717, 1.165) is 25.7 Å². The molecule has 2 amide bonds. The van der Waals surface area contributed by atoms with Gasteiger partial charge in [0, 0.05) is 19.8 Å². The van der Waals surface area contributed by atoms with Crippen LogP contribution in [0.3, 0.4) is 0 Å². The van der Waals surface area contributed by atoms with Gasteiger partial charge in [-0.15, -0.1) is 0 Å². The van der Waals surface area contributed by atoms with Gasteiger partial charge in [-0.25, -0.2) is 0 Å².